The molecule has 1 heterocycles. The molecule has 1 saturated carbocycles. The molecule has 0 atom stereocenters. The Morgan fingerprint density at radius 3 is 2.95 bits per heavy atom. The number of likely N-dealkylation sites (N-methyl/N-ethyl adjacent to an activating group) is 1. The molecule has 0 aliphatic heterocycles. The van der Waals surface area contributed by atoms with E-state index in [2.05, 4.69) is 22.2 Å². The number of hydrogen-bond donors (Lipinski definition) is 1. The SMILES string of the molecule is CNc1ccc(Cl)c(CN(C)CCOCC2CC2)n1. The summed E-state index contributed by atoms with van der Waals surface area (Å²) < 4.78 is 5.63. The molecule has 106 valence electrons. The van der Waals surface area contributed by atoms with Crippen LogP contribution < -0.4 is 5.32 Å². The number of anilines is 1. The van der Waals surface area contributed by atoms with Crippen molar-refractivity contribution in [2.75, 3.05) is 39.2 Å². The molecule has 0 bridgehead atoms. The smallest absolute Gasteiger partial charge is 0.126 e. The Morgan fingerprint density at radius 2 is 2.26 bits per heavy atom. The van der Waals surface area contributed by atoms with Crippen LogP contribution in [0.5, 0.6) is 0 Å². The van der Waals surface area contributed by atoms with E-state index in [0.717, 1.165) is 43.7 Å². The Labute approximate surface area is 120 Å². The molecular formula is C14H22ClN3O. The molecule has 1 aromatic heterocycles. The largest absolute Gasteiger partial charge is 0.380 e. The number of rotatable bonds is 8. The summed E-state index contributed by atoms with van der Waals surface area (Å²) in [5.74, 6) is 1.67. The fraction of sp³-hybridized carbons (Fsp3) is 0.643. The lowest BCUT2D eigenvalue weighted by molar-refractivity contribution is 0.101. The highest BCUT2D eigenvalue weighted by molar-refractivity contribution is 6.31. The quantitative estimate of drug-likeness (QED) is 0.744. The molecule has 1 aromatic rings. The van der Waals surface area contributed by atoms with E-state index >= 15 is 0 Å². The van der Waals surface area contributed by atoms with Crippen LogP contribution in [0.25, 0.3) is 0 Å². The summed E-state index contributed by atoms with van der Waals surface area (Å²) in [5.41, 5.74) is 0.901. The number of pyridine rings is 1. The third-order valence-electron chi connectivity index (χ3n) is 3.26. The van der Waals surface area contributed by atoms with Gasteiger partial charge >= 0.3 is 0 Å². The summed E-state index contributed by atoms with van der Waals surface area (Å²) in [6.45, 7) is 3.33. The predicted molar refractivity (Wildman–Crippen MR) is 78.7 cm³/mol. The second-order valence-corrected chi connectivity index (χ2v) is 5.54. The summed E-state index contributed by atoms with van der Waals surface area (Å²) in [5, 5.41) is 3.74. The lowest BCUT2D eigenvalue weighted by atomic mass is 10.3. The van der Waals surface area contributed by atoms with Gasteiger partial charge in [-0.05, 0) is 37.9 Å². The number of aromatic nitrogens is 1. The van der Waals surface area contributed by atoms with Gasteiger partial charge in [0.05, 0.1) is 17.3 Å². The van der Waals surface area contributed by atoms with Gasteiger partial charge in [0, 0.05) is 26.7 Å². The van der Waals surface area contributed by atoms with Crippen molar-refractivity contribution in [2.45, 2.75) is 19.4 Å². The second-order valence-electron chi connectivity index (χ2n) is 5.13. The Hall–Kier alpha value is -0.840. The molecule has 1 fully saturated rings. The number of nitrogens with one attached hydrogen (secondary N) is 1. The fourth-order valence-corrected chi connectivity index (χ4v) is 1.99. The number of nitrogens with zero attached hydrogens (tertiary/aromatic N) is 2. The molecule has 0 saturated heterocycles. The van der Waals surface area contributed by atoms with E-state index in [9.17, 15) is 0 Å². The number of ether oxygens (including phenoxy) is 1. The maximum atomic E-state index is 6.16. The Kier molecular flexibility index (Phi) is 5.43. The molecule has 0 radical (unpaired) electrons. The predicted octanol–water partition coefficient (Wildman–Crippen LogP) is 2.64. The van der Waals surface area contributed by atoms with Crippen molar-refractivity contribution in [2.24, 2.45) is 5.92 Å². The van der Waals surface area contributed by atoms with E-state index in [1.807, 2.05) is 19.2 Å². The highest BCUT2D eigenvalue weighted by Crippen LogP contribution is 2.28. The van der Waals surface area contributed by atoms with Gasteiger partial charge in [-0.15, -0.1) is 0 Å². The van der Waals surface area contributed by atoms with Gasteiger partial charge in [-0.1, -0.05) is 11.6 Å². The Morgan fingerprint density at radius 1 is 1.47 bits per heavy atom. The normalized spacial score (nSPS) is 14.9. The summed E-state index contributed by atoms with van der Waals surface area (Å²) in [6, 6.07) is 3.76. The van der Waals surface area contributed by atoms with Crippen LogP contribution in [0, 0.1) is 5.92 Å². The van der Waals surface area contributed by atoms with Gasteiger partial charge in [-0.3, -0.25) is 4.90 Å². The van der Waals surface area contributed by atoms with Gasteiger partial charge in [-0.25, -0.2) is 4.98 Å². The molecule has 0 spiro atoms. The van der Waals surface area contributed by atoms with Gasteiger partial charge in [0.1, 0.15) is 5.82 Å². The minimum atomic E-state index is 0.713. The van der Waals surface area contributed by atoms with Crippen LogP contribution in [-0.4, -0.2) is 43.7 Å². The molecule has 0 aromatic carbocycles. The van der Waals surface area contributed by atoms with Crippen molar-refractivity contribution >= 4 is 17.4 Å². The summed E-state index contributed by atoms with van der Waals surface area (Å²) >= 11 is 6.16. The first-order valence-electron chi connectivity index (χ1n) is 6.78. The summed E-state index contributed by atoms with van der Waals surface area (Å²) in [4.78, 5) is 6.65. The van der Waals surface area contributed by atoms with Crippen molar-refractivity contribution in [3.8, 4) is 0 Å². The van der Waals surface area contributed by atoms with Crippen molar-refractivity contribution in [3.05, 3.63) is 22.8 Å². The molecule has 1 aliphatic rings. The first kappa shape index (κ1) is 14.6. The first-order chi connectivity index (χ1) is 9.19. The molecule has 0 unspecified atom stereocenters. The lowest BCUT2D eigenvalue weighted by Crippen LogP contribution is -2.24. The highest BCUT2D eigenvalue weighted by Gasteiger charge is 2.21. The minimum absolute atomic E-state index is 0.713. The van der Waals surface area contributed by atoms with E-state index in [-0.39, 0.29) is 0 Å². The van der Waals surface area contributed by atoms with E-state index in [1.165, 1.54) is 12.8 Å². The maximum Gasteiger partial charge on any atom is 0.126 e. The van der Waals surface area contributed by atoms with Crippen molar-refractivity contribution in [3.63, 3.8) is 0 Å². The van der Waals surface area contributed by atoms with Gasteiger partial charge in [0.2, 0.25) is 0 Å². The zero-order chi connectivity index (χ0) is 13.7. The van der Waals surface area contributed by atoms with E-state index < -0.39 is 0 Å². The number of halogens is 1. The van der Waals surface area contributed by atoms with Crippen LogP contribution in [-0.2, 0) is 11.3 Å². The molecule has 1 N–H and O–H groups in total. The van der Waals surface area contributed by atoms with Crippen molar-refractivity contribution < 1.29 is 4.74 Å². The minimum Gasteiger partial charge on any atom is -0.380 e. The highest BCUT2D eigenvalue weighted by atomic mass is 35.5. The Bertz CT molecular complexity index is 410. The fourth-order valence-electron chi connectivity index (χ4n) is 1.82. The zero-order valence-corrected chi connectivity index (χ0v) is 12.4. The van der Waals surface area contributed by atoms with Crippen LogP contribution in [0.1, 0.15) is 18.5 Å². The molecule has 1 aliphatic carbocycles. The molecule has 0 amide bonds. The van der Waals surface area contributed by atoms with Crippen LogP contribution >= 0.6 is 11.6 Å². The van der Waals surface area contributed by atoms with Crippen LogP contribution in [0.2, 0.25) is 5.02 Å². The first-order valence-corrected chi connectivity index (χ1v) is 7.16. The third kappa shape index (κ3) is 4.97. The molecule has 19 heavy (non-hydrogen) atoms. The zero-order valence-electron chi connectivity index (χ0n) is 11.7. The van der Waals surface area contributed by atoms with E-state index in [1.54, 1.807) is 0 Å². The monoisotopic (exact) mass is 283 g/mol. The average Bonchev–Trinajstić information content (AvgIpc) is 3.21. The van der Waals surface area contributed by atoms with E-state index in [4.69, 9.17) is 16.3 Å². The average molecular weight is 284 g/mol. The number of hydrogen-bond acceptors (Lipinski definition) is 4. The van der Waals surface area contributed by atoms with E-state index in [0.29, 0.717) is 5.02 Å². The van der Waals surface area contributed by atoms with Gasteiger partial charge in [-0.2, -0.15) is 0 Å². The molecular weight excluding hydrogens is 262 g/mol. The van der Waals surface area contributed by atoms with Crippen molar-refractivity contribution in [1.29, 1.82) is 0 Å². The van der Waals surface area contributed by atoms with Gasteiger partial charge in [0.25, 0.3) is 0 Å². The summed E-state index contributed by atoms with van der Waals surface area (Å²) in [6.07, 6.45) is 2.68. The van der Waals surface area contributed by atoms with Crippen LogP contribution in [0.15, 0.2) is 12.1 Å². The van der Waals surface area contributed by atoms with Crippen LogP contribution in [0.3, 0.4) is 0 Å². The molecule has 2 rings (SSSR count). The van der Waals surface area contributed by atoms with Crippen molar-refractivity contribution in [1.82, 2.24) is 9.88 Å². The van der Waals surface area contributed by atoms with Gasteiger partial charge in [0.15, 0.2) is 0 Å². The van der Waals surface area contributed by atoms with Crippen LogP contribution in [0.4, 0.5) is 5.82 Å². The third-order valence-corrected chi connectivity index (χ3v) is 3.61. The maximum absolute atomic E-state index is 6.16. The second kappa shape index (κ2) is 7.08. The molecule has 4 nitrogen and oxygen atoms in total. The lowest BCUT2D eigenvalue weighted by Gasteiger charge is -2.17. The standard InChI is InChI=1S/C14H22ClN3O/c1-16-14-6-5-12(15)13(17-14)9-18(2)7-8-19-10-11-3-4-11/h5-6,11H,3-4,7-10H2,1-2H3,(H,16,17). The summed E-state index contributed by atoms with van der Waals surface area (Å²) in [7, 11) is 3.92. The topological polar surface area (TPSA) is 37.4 Å². The molecule has 5 heteroatoms. The Balaban J connectivity index is 1.74. The van der Waals surface area contributed by atoms with Gasteiger partial charge < -0.3 is 10.1 Å².